The van der Waals surface area contributed by atoms with Crippen molar-refractivity contribution in [2.75, 3.05) is 26.7 Å². The topological polar surface area (TPSA) is 61.6 Å². The minimum absolute atomic E-state index is 0.0226. The highest BCUT2D eigenvalue weighted by molar-refractivity contribution is 5.73. The smallest absolute Gasteiger partial charge is 0.317 e. The first-order chi connectivity index (χ1) is 11.5. The van der Waals surface area contributed by atoms with Crippen LogP contribution < -0.4 is 5.32 Å². The van der Waals surface area contributed by atoms with Gasteiger partial charge in [0.25, 0.3) is 0 Å². The summed E-state index contributed by atoms with van der Waals surface area (Å²) in [6.45, 7) is 7.95. The molecule has 1 aromatic rings. The number of nitrogens with one attached hydrogen (secondary N) is 1. The Balaban J connectivity index is 1.46. The summed E-state index contributed by atoms with van der Waals surface area (Å²) in [5.74, 6) is 1.58. The van der Waals surface area contributed by atoms with Crippen molar-refractivity contribution in [3.8, 4) is 0 Å². The lowest BCUT2D eigenvalue weighted by Crippen LogP contribution is -2.40. The third-order valence-corrected chi connectivity index (χ3v) is 5.35. The molecule has 1 aliphatic heterocycles. The molecule has 0 spiro atoms. The Bertz CT molecular complexity index is 569. The molecular weight excluding hydrogens is 304 g/mol. The molecule has 1 aliphatic carbocycles. The fraction of sp³-hybridized carbons (Fsp3) is 0.778. The van der Waals surface area contributed by atoms with E-state index in [9.17, 15) is 4.79 Å². The van der Waals surface area contributed by atoms with Crippen LogP contribution in [0.2, 0.25) is 0 Å². The highest BCUT2D eigenvalue weighted by Crippen LogP contribution is 2.25. The van der Waals surface area contributed by atoms with Crippen molar-refractivity contribution in [1.82, 2.24) is 20.3 Å². The van der Waals surface area contributed by atoms with Crippen molar-refractivity contribution < 1.29 is 9.32 Å². The average molecular weight is 334 g/mol. The Kier molecular flexibility index (Phi) is 5.43. The lowest BCUT2D eigenvalue weighted by Gasteiger charge is -2.21. The molecule has 1 N–H and O–H groups in total. The number of urea groups is 1. The fourth-order valence-electron chi connectivity index (χ4n) is 3.73. The van der Waals surface area contributed by atoms with Crippen LogP contribution in [0.25, 0.3) is 0 Å². The van der Waals surface area contributed by atoms with Crippen molar-refractivity contribution in [3.05, 3.63) is 17.0 Å². The van der Waals surface area contributed by atoms with Crippen LogP contribution in [-0.2, 0) is 19.4 Å². The number of aryl methyl sites for hydroxylation is 1. The molecule has 0 radical (unpaired) electrons. The van der Waals surface area contributed by atoms with Gasteiger partial charge in [-0.25, -0.2) is 4.79 Å². The summed E-state index contributed by atoms with van der Waals surface area (Å²) >= 11 is 0. The van der Waals surface area contributed by atoms with E-state index in [1.165, 1.54) is 24.8 Å². The Hall–Kier alpha value is -1.56. The van der Waals surface area contributed by atoms with Crippen molar-refractivity contribution in [2.45, 2.75) is 58.5 Å². The molecule has 24 heavy (non-hydrogen) atoms. The standard InChI is InChI=1S/C18H30N4O2/c1-13(2)22-9-8-14(11-22)10-19-18(23)21(3)12-16-15-6-4-5-7-17(15)24-20-16/h13-14H,4-12H2,1-3H3,(H,19,23). The maximum absolute atomic E-state index is 12.4. The number of carbonyl (C=O) groups is 1. The molecule has 0 saturated carbocycles. The van der Waals surface area contributed by atoms with Gasteiger partial charge in [-0.1, -0.05) is 5.16 Å². The molecule has 1 saturated heterocycles. The number of fused-ring (bicyclic) bond motifs is 1. The maximum atomic E-state index is 12.4. The Labute approximate surface area is 144 Å². The minimum atomic E-state index is -0.0226. The molecule has 6 heteroatoms. The van der Waals surface area contributed by atoms with Gasteiger partial charge in [-0.2, -0.15) is 0 Å². The largest absolute Gasteiger partial charge is 0.361 e. The first kappa shape index (κ1) is 17.3. The molecule has 1 fully saturated rings. The molecule has 2 amide bonds. The number of carbonyl (C=O) groups excluding carboxylic acids is 1. The highest BCUT2D eigenvalue weighted by Gasteiger charge is 2.25. The van der Waals surface area contributed by atoms with Crippen LogP contribution in [-0.4, -0.2) is 53.7 Å². The second-order valence-corrected chi connectivity index (χ2v) is 7.52. The predicted octanol–water partition coefficient (Wildman–Crippen LogP) is 2.43. The van der Waals surface area contributed by atoms with E-state index in [1.54, 1.807) is 4.90 Å². The monoisotopic (exact) mass is 334 g/mol. The van der Waals surface area contributed by atoms with Gasteiger partial charge in [-0.3, -0.25) is 0 Å². The number of aromatic nitrogens is 1. The van der Waals surface area contributed by atoms with Crippen LogP contribution in [0.3, 0.4) is 0 Å². The molecule has 2 aliphatic rings. The van der Waals surface area contributed by atoms with E-state index in [0.29, 0.717) is 18.5 Å². The minimum Gasteiger partial charge on any atom is -0.361 e. The van der Waals surface area contributed by atoms with E-state index in [2.05, 4.69) is 29.2 Å². The second-order valence-electron chi connectivity index (χ2n) is 7.52. The quantitative estimate of drug-likeness (QED) is 0.898. The van der Waals surface area contributed by atoms with E-state index < -0.39 is 0 Å². The summed E-state index contributed by atoms with van der Waals surface area (Å²) in [6, 6.07) is 0.567. The van der Waals surface area contributed by atoms with Crippen LogP contribution in [0, 0.1) is 5.92 Å². The highest BCUT2D eigenvalue weighted by atomic mass is 16.5. The molecule has 134 valence electrons. The van der Waals surface area contributed by atoms with Crippen LogP contribution >= 0.6 is 0 Å². The molecule has 1 unspecified atom stereocenters. The summed E-state index contributed by atoms with van der Waals surface area (Å²) in [7, 11) is 1.83. The van der Waals surface area contributed by atoms with Crippen LogP contribution in [0.4, 0.5) is 4.79 Å². The van der Waals surface area contributed by atoms with E-state index >= 15 is 0 Å². The number of hydrogen-bond donors (Lipinski definition) is 1. The molecule has 1 atom stereocenters. The fourth-order valence-corrected chi connectivity index (χ4v) is 3.73. The average Bonchev–Trinajstić information content (AvgIpc) is 3.20. The van der Waals surface area contributed by atoms with Gasteiger partial charge in [0.15, 0.2) is 0 Å². The number of likely N-dealkylation sites (tertiary alicyclic amines) is 1. The number of nitrogens with zero attached hydrogens (tertiary/aromatic N) is 3. The van der Waals surface area contributed by atoms with Crippen molar-refractivity contribution in [1.29, 1.82) is 0 Å². The van der Waals surface area contributed by atoms with Crippen LogP contribution in [0.1, 0.15) is 50.1 Å². The Morgan fingerprint density at radius 1 is 1.42 bits per heavy atom. The maximum Gasteiger partial charge on any atom is 0.317 e. The second kappa shape index (κ2) is 7.55. The SMILES string of the molecule is CC(C)N1CCC(CNC(=O)N(C)Cc2noc3c2CCCC3)C1. The lowest BCUT2D eigenvalue weighted by atomic mass is 9.96. The number of amides is 2. The first-order valence-corrected chi connectivity index (χ1v) is 9.24. The first-order valence-electron chi connectivity index (χ1n) is 9.24. The predicted molar refractivity (Wildman–Crippen MR) is 92.8 cm³/mol. The van der Waals surface area contributed by atoms with E-state index in [4.69, 9.17) is 4.52 Å². The van der Waals surface area contributed by atoms with Gasteiger partial charge in [0.1, 0.15) is 11.5 Å². The van der Waals surface area contributed by atoms with E-state index in [1.807, 2.05) is 7.05 Å². The molecule has 2 heterocycles. The van der Waals surface area contributed by atoms with Gasteiger partial charge >= 0.3 is 6.03 Å². The van der Waals surface area contributed by atoms with Crippen molar-refractivity contribution >= 4 is 6.03 Å². The van der Waals surface area contributed by atoms with Gasteiger partial charge in [-0.15, -0.1) is 0 Å². The van der Waals surface area contributed by atoms with Crippen LogP contribution in [0.5, 0.6) is 0 Å². The zero-order chi connectivity index (χ0) is 17.1. The lowest BCUT2D eigenvalue weighted by molar-refractivity contribution is 0.202. The zero-order valence-corrected chi connectivity index (χ0v) is 15.2. The Morgan fingerprint density at radius 3 is 2.96 bits per heavy atom. The molecular formula is C18H30N4O2. The molecule has 0 bridgehead atoms. The van der Waals surface area contributed by atoms with E-state index in [0.717, 1.165) is 43.9 Å². The summed E-state index contributed by atoms with van der Waals surface area (Å²) in [5, 5.41) is 7.26. The van der Waals surface area contributed by atoms with Gasteiger partial charge in [0.2, 0.25) is 0 Å². The molecule has 0 aromatic carbocycles. The molecule has 6 nitrogen and oxygen atoms in total. The Morgan fingerprint density at radius 2 is 2.21 bits per heavy atom. The van der Waals surface area contributed by atoms with Crippen molar-refractivity contribution in [3.63, 3.8) is 0 Å². The van der Waals surface area contributed by atoms with Crippen molar-refractivity contribution in [2.24, 2.45) is 5.92 Å². The summed E-state index contributed by atoms with van der Waals surface area (Å²) in [6.07, 6.45) is 5.53. The third kappa shape index (κ3) is 3.91. The molecule has 1 aromatic heterocycles. The summed E-state index contributed by atoms with van der Waals surface area (Å²) in [4.78, 5) is 16.5. The third-order valence-electron chi connectivity index (χ3n) is 5.35. The van der Waals surface area contributed by atoms with Crippen LogP contribution in [0.15, 0.2) is 4.52 Å². The molecule has 3 rings (SSSR count). The van der Waals surface area contributed by atoms with Gasteiger partial charge in [-0.05, 0) is 52.0 Å². The number of hydrogen-bond acceptors (Lipinski definition) is 4. The van der Waals surface area contributed by atoms with Gasteiger partial charge in [0, 0.05) is 38.2 Å². The van der Waals surface area contributed by atoms with Gasteiger partial charge in [0.05, 0.1) is 6.54 Å². The van der Waals surface area contributed by atoms with Gasteiger partial charge < -0.3 is 19.6 Å². The van der Waals surface area contributed by atoms with E-state index in [-0.39, 0.29) is 6.03 Å². The summed E-state index contributed by atoms with van der Waals surface area (Å²) in [5.41, 5.74) is 2.15. The number of rotatable bonds is 5. The normalized spacial score (nSPS) is 21.1. The summed E-state index contributed by atoms with van der Waals surface area (Å²) < 4.78 is 5.43. The zero-order valence-electron chi connectivity index (χ0n) is 15.2.